The van der Waals surface area contributed by atoms with Crippen molar-refractivity contribution in [2.45, 2.75) is 20.1 Å². The standard InChI is InChI=1S/C21H20ClNO4S/c1-13-5-6-15(21(24)25)10-18(13)23-11-14-8-17(22)20(19(9-14)26-2)27-12-16-4-3-7-28-16/h3-10,23H,11-12H2,1-2H3,(H,24,25). The summed E-state index contributed by atoms with van der Waals surface area (Å²) in [5.74, 6) is 0.0993. The number of hydrogen-bond acceptors (Lipinski definition) is 5. The first-order valence-corrected chi connectivity index (χ1v) is 9.83. The molecule has 1 aromatic heterocycles. The minimum atomic E-state index is -0.958. The second-order valence-electron chi connectivity index (χ2n) is 6.17. The fraction of sp³-hybridized carbons (Fsp3) is 0.190. The van der Waals surface area contributed by atoms with Gasteiger partial charge in [0.1, 0.15) is 6.61 Å². The van der Waals surface area contributed by atoms with Crippen molar-refractivity contribution in [3.05, 3.63) is 74.4 Å². The molecule has 0 fully saturated rings. The van der Waals surface area contributed by atoms with E-state index in [1.165, 1.54) is 0 Å². The van der Waals surface area contributed by atoms with Crippen LogP contribution >= 0.6 is 22.9 Å². The molecule has 146 valence electrons. The number of aromatic carboxylic acids is 1. The second-order valence-corrected chi connectivity index (χ2v) is 7.60. The van der Waals surface area contributed by atoms with Crippen LogP contribution in [0.3, 0.4) is 0 Å². The van der Waals surface area contributed by atoms with E-state index >= 15 is 0 Å². The number of hydrogen-bond donors (Lipinski definition) is 2. The molecule has 0 bridgehead atoms. The number of ether oxygens (including phenoxy) is 2. The Hall–Kier alpha value is -2.70. The maximum atomic E-state index is 11.2. The first-order valence-electron chi connectivity index (χ1n) is 8.57. The van der Waals surface area contributed by atoms with Gasteiger partial charge in [-0.15, -0.1) is 11.3 Å². The Bertz CT molecular complexity index is 973. The molecule has 28 heavy (non-hydrogen) atoms. The molecule has 0 aliphatic rings. The second kappa shape index (κ2) is 8.99. The number of halogens is 1. The molecule has 0 atom stereocenters. The fourth-order valence-corrected chi connectivity index (χ4v) is 3.60. The number of carboxylic acids is 1. The van der Waals surface area contributed by atoms with Crippen molar-refractivity contribution in [1.29, 1.82) is 0 Å². The molecule has 0 spiro atoms. The lowest BCUT2D eigenvalue weighted by molar-refractivity contribution is 0.0697. The molecule has 0 amide bonds. The Labute approximate surface area is 172 Å². The van der Waals surface area contributed by atoms with Crippen LogP contribution in [0.5, 0.6) is 11.5 Å². The smallest absolute Gasteiger partial charge is 0.335 e. The summed E-state index contributed by atoms with van der Waals surface area (Å²) < 4.78 is 11.3. The molecule has 1 heterocycles. The molecule has 0 aliphatic heterocycles. The number of rotatable bonds is 8. The first kappa shape index (κ1) is 20.0. The number of nitrogens with one attached hydrogen (secondary N) is 1. The van der Waals surface area contributed by atoms with Crippen LogP contribution in [0.15, 0.2) is 47.8 Å². The van der Waals surface area contributed by atoms with E-state index in [1.807, 2.05) is 36.6 Å². The highest BCUT2D eigenvalue weighted by atomic mass is 35.5. The van der Waals surface area contributed by atoms with E-state index in [9.17, 15) is 4.79 Å². The number of carboxylic acid groups (broad SMARTS) is 1. The van der Waals surface area contributed by atoms with E-state index in [1.54, 1.807) is 36.6 Å². The van der Waals surface area contributed by atoms with Gasteiger partial charge in [0.25, 0.3) is 0 Å². The van der Waals surface area contributed by atoms with E-state index in [4.69, 9.17) is 26.2 Å². The van der Waals surface area contributed by atoms with Gasteiger partial charge in [-0.05, 0) is 53.8 Å². The SMILES string of the molecule is COc1cc(CNc2cc(C(=O)O)ccc2C)cc(Cl)c1OCc1cccs1. The number of thiophene rings is 1. The molecule has 0 radical (unpaired) electrons. The van der Waals surface area contributed by atoms with Crippen LogP contribution in [-0.2, 0) is 13.2 Å². The van der Waals surface area contributed by atoms with Crippen LogP contribution in [0.4, 0.5) is 5.69 Å². The zero-order chi connectivity index (χ0) is 20.1. The molecule has 2 aromatic carbocycles. The molecule has 3 rings (SSSR count). The molecule has 2 N–H and O–H groups in total. The Morgan fingerprint density at radius 2 is 2.07 bits per heavy atom. The average Bonchev–Trinajstić information content (AvgIpc) is 3.19. The molecule has 0 saturated heterocycles. The first-order chi connectivity index (χ1) is 13.5. The topological polar surface area (TPSA) is 67.8 Å². The van der Waals surface area contributed by atoms with Crippen molar-refractivity contribution >= 4 is 34.6 Å². The number of methoxy groups -OCH3 is 1. The van der Waals surface area contributed by atoms with Crippen LogP contribution in [0, 0.1) is 6.92 Å². The Morgan fingerprint density at radius 1 is 1.25 bits per heavy atom. The van der Waals surface area contributed by atoms with Gasteiger partial charge >= 0.3 is 5.97 Å². The monoisotopic (exact) mass is 417 g/mol. The lowest BCUT2D eigenvalue weighted by Crippen LogP contribution is -2.05. The molecule has 0 saturated carbocycles. The van der Waals surface area contributed by atoms with Crippen LogP contribution in [-0.4, -0.2) is 18.2 Å². The van der Waals surface area contributed by atoms with E-state index < -0.39 is 5.97 Å². The van der Waals surface area contributed by atoms with Gasteiger partial charge in [-0.1, -0.05) is 23.7 Å². The van der Waals surface area contributed by atoms with Gasteiger partial charge in [-0.25, -0.2) is 4.79 Å². The minimum Gasteiger partial charge on any atom is -0.493 e. The number of aryl methyl sites for hydroxylation is 1. The van der Waals surface area contributed by atoms with Crippen molar-refractivity contribution in [2.24, 2.45) is 0 Å². The lowest BCUT2D eigenvalue weighted by Gasteiger charge is -2.15. The van der Waals surface area contributed by atoms with E-state index in [0.717, 1.165) is 21.7 Å². The summed E-state index contributed by atoms with van der Waals surface area (Å²) in [4.78, 5) is 12.3. The van der Waals surface area contributed by atoms with Gasteiger partial charge < -0.3 is 19.9 Å². The van der Waals surface area contributed by atoms with Crippen molar-refractivity contribution < 1.29 is 19.4 Å². The minimum absolute atomic E-state index is 0.237. The summed E-state index contributed by atoms with van der Waals surface area (Å²) in [6.07, 6.45) is 0. The molecule has 5 nitrogen and oxygen atoms in total. The van der Waals surface area contributed by atoms with Crippen molar-refractivity contribution in [1.82, 2.24) is 0 Å². The zero-order valence-corrected chi connectivity index (χ0v) is 17.1. The van der Waals surface area contributed by atoms with E-state index in [2.05, 4.69) is 5.32 Å². The molecule has 7 heteroatoms. The largest absolute Gasteiger partial charge is 0.493 e. The Kier molecular flexibility index (Phi) is 6.44. The Morgan fingerprint density at radius 3 is 2.75 bits per heavy atom. The zero-order valence-electron chi connectivity index (χ0n) is 15.5. The van der Waals surface area contributed by atoms with Gasteiger partial charge in [0.05, 0.1) is 17.7 Å². The predicted molar refractivity (Wildman–Crippen MR) is 112 cm³/mol. The highest BCUT2D eigenvalue weighted by Crippen LogP contribution is 2.37. The van der Waals surface area contributed by atoms with Gasteiger partial charge in [-0.3, -0.25) is 0 Å². The summed E-state index contributed by atoms with van der Waals surface area (Å²) in [5, 5.41) is 14.9. The number of carbonyl (C=O) groups is 1. The van der Waals surface area contributed by atoms with Crippen LogP contribution < -0.4 is 14.8 Å². The predicted octanol–water partition coefficient (Wildman–Crippen LogP) is 5.61. The summed E-state index contributed by atoms with van der Waals surface area (Å²) in [5.41, 5.74) is 2.85. The van der Waals surface area contributed by atoms with Crippen molar-refractivity contribution in [3.8, 4) is 11.5 Å². The third kappa shape index (κ3) is 4.77. The fourth-order valence-electron chi connectivity index (χ4n) is 2.70. The van der Waals surface area contributed by atoms with Crippen molar-refractivity contribution in [3.63, 3.8) is 0 Å². The quantitative estimate of drug-likeness (QED) is 0.498. The van der Waals surface area contributed by atoms with Crippen LogP contribution in [0.1, 0.15) is 26.4 Å². The van der Waals surface area contributed by atoms with Crippen LogP contribution in [0.25, 0.3) is 0 Å². The molecule has 0 unspecified atom stereocenters. The molecule has 0 aliphatic carbocycles. The van der Waals surface area contributed by atoms with Crippen molar-refractivity contribution in [2.75, 3.05) is 12.4 Å². The van der Waals surface area contributed by atoms with Gasteiger partial charge in [0.2, 0.25) is 0 Å². The lowest BCUT2D eigenvalue weighted by atomic mass is 10.1. The van der Waals surface area contributed by atoms with Gasteiger partial charge in [0.15, 0.2) is 11.5 Å². The summed E-state index contributed by atoms with van der Waals surface area (Å²) in [6, 6.07) is 12.6. The third-order valence-electron chi connectivity index (χ3n) is 4.20. The highest BCUT2D eigenvalue weighted by Gasteiger charge is 2.13. The molecule has 3 aromatic rings. The summed E-state index contributed by atoms with van der Waals surface area (Å²) in [7, 11) is 1.57. The molecular weight excluding hydrogens is 398 g/mol. The number of benzene rings is 2. The number of anilines is 1. The third-order valence-corrected chi connectivity index (χ3v) is 5.33. The maximum Gasteiger partial charge on any atom is 0.335 e. The Balaban J connectivity index is 1.75. The molecular formula is C21H20ClNO4S. The van der Waals surface area contributed by atoms with E-state index in [0.29, 0.717) is 29.7 Å². The van der Waals surface area contributed by atoms with E-state index in [-0.39, 0.29) is 5.56 Å². The van der Waals surface area contributed by atoms with Gasteiger partial charge in [-0.2, -0.15) is 0 Å². The van der Waals surface area contributed by atoms with Gasteiger partial charge in [0, 0.05) is 17.1 Å². The summed E-state index contributed by atoms with van der Waals surface area (Å²) in [6.45, 7) is 2.81. The maximum absolute atomic E-state index is 11.2. The highest BCUT2D eigenvalue weighted by molar-refractivity contribution is 7.09. The average molecular weight is 418 g/mol. The van der Waals surface area contributed by atoms with Crippen LogP contribution in [0.2, 0.25) is 5.02 Å². The normalized spacial score (nSPS) is 10.5. The summed E-state index contributed by atoms with van der Waals surface area (Å²) >= 11 is 8.04.